The first-order chi connectivity index (χ1) is 16.2. The fourth-order valence-corrected chi connectivity index (χ4v) is 3.78. The normalized spacial score (nSPS) is 12.9. The Hall–Kier alpha value is -3.59. The molecule has 2 aromatic heterocycles. The van der Waals surface area contributed by atoms with Crippen molar-refractivity contribution in [2.24, 2.45) is 0 Å². The minimum absolute atomic E-state index is 0.0432. The van der Waals surface area contributed by atoms with Gasteiger partial charge in [0.15, 0.2) is 5.82 Å². The lowest BCUT2D eigenvalue weighted by Crippen LogP contribution is -2.31. The van der Waals surface area contributed by atoms with Gasteiger partial charge < -0.3 is 20.1 Å². The summed E-state index contributed by atoms with van der Waals surface area (Å²) >= 11 is 0. The van der Waals surface area contributed by atoms with Crippen LogP contribution in [0.2, 0.25) is 0 Å². The Labute approximate surface area is 197 Å². The van der Waals surface area contributed by atoms with Gasteiger partial charge in [0.05, 0.1) is 12.1 Å². The molecule has 0 spiro atoms. The second kappa shape index (κ2) is 9.72. The molecule has 3 aromatic rings. The zero-order chi connectivity index (χ0) is 24.3. The lowest BCUT2D eigenvalue weighted by molar-refractivity contribution is -0.114. The van der Waals surface area contributed by atoms with Crippen molar-refractivity contribution in [1.29, 1.82) is 0 Å². The fourth-order valence-electron chi connectivity index (χ4n) is 3.78. The predicted molar refractivity (Wildman–Crippen MR) is 127 cm³/mol. The molecule has 0 saturated heterocycles. The highest BCUT2D eigenvalue weighted by atomic mass is 19.1. The van der Waals surface area contributed by atoms with E-state index < -0.39 is 11.4 Å². The molecule has 2 heterocycles. The van der Waals surface area contributed by atoms with Gasteiger partial charge in [-0.3, -0.25) is 9.78 Å². The first-order valence-electron chi connectivity index (χ1n) is 11.2. The predicted octanol–water partition coefficient (Wildman–Crippen LogP) is 3.39. The van der Waals surface area contributed by atoms with Crippen LogP contribution in [-0.4, -0.2) is 51.8 Å². The maximum absolute atomic E-state index is 13.4. The van der Waals surface area contributed by atoms with E-state index in [2.05, 4.69) is 10.3 Å². The van der Waals surface area contributed by atoms with Crippen LogP contribution in [0.15, 0.2) is 42.6 Å². The number of anilines is 2. The molecule has 4 rings (SSSR count). The van der Waals surface area contributed by atoms with Crippen LogP contribution in [0.4, 0.5) is 15.9 Å². The Morgan fingerprint density at radius 3 is 2.82 bits per heavy atom. The summed E-state index contributed by atoms with van der Waals surface area (Å²) in [5.74, 6) is 0.990. The highest BCUT2D eigenvalue weighted by Gasteiger charge is 2.24. The van der Waals surface area contributed by atoms with E-state index in [-0.39, 0.29) is 19.1 Å². The molecule has 1 aromatic carbocycles. The summed E-state index contributed by atoms with van der Waals surface area (Å²) in [6, 6.07) is 9.24. The monoisotopic (exact) mass is 465 g/mol. The van der Waals surface area contributed by atoms with E-state index in [4.69, 9.17) is 14.7 Å². The van der Waals surface area contributed by atoms with Crippen molar-refractivity contribution in [3.8, 4) is 17.3 Å². The van der Waals surface area contributed by atoms with Gasteiger partial charge >= 0.3 is 0 Å². The lowest BCUT2D eigenvalue weighted by Gasteiger charge is -2.21. The van der Waals surface area contributed by atoms with E-state index >= 15 is 0 Å². The zero-order valence-corrected chi connectivity index (χ0v) is 19.5. The molecule has 2 N–H and O–H groups in total. The standard InChI is InChI=1S/C25H28FN5O3/c1-25(2,33)15-34-18-10-11-27-21(13-18)23-29-20-9-5-8-19(20)24(30-23)31(3)14-22(32)28-17-7-4-6-16(26)12-17/h4,6-7,10-13,33H,5,8-9,14-15H2,1-3H3,(H,28,32). The molecule has 34 heavy (non-hydrogen) atoms. The van der Waals surface area contributed by atoms with Gasteiger partial charge in [-0.25, -0.2) is 14.4 Å². The van der Waals surface area contributed by atoms with Gasteiger partial charge in [-0.1, -0.05) is 6.07 Å². The van der Waals surface area contributed by atoms with Crippen LogP contribution in [-0.2, 0) is 17.6 Å². The smallest absolute Gasteiger partial charge is 0.243 e. The first kappa shape index (κ1) is 23.6. The number of aromatic nitrogens is 3. The molecule has 0 radical (unpaired) electrons. The summed E-state index contributed by atoms with van der Waals surface area (Å²) in [5.41, 5.74) is 1.96. The number of ether oxygens (including phenoxy) is 1. The molecule has 0 atom stereocenters. The molecule has 0 saturated carbocycles. The zero-order valence-electron chi connectivity index (χ0n) is 19.5. The number of aliphatic hydroxyl groups is 1. The second-order valence-electron chi connectivity index (χ2n) is 9.04. The number of rotatable bonds is 8. The number of likely N-dealkylation sites (N-methyl/N-ethyl adjacent to an activating group) is 1. The molecule has 0 fully saturated rings. The summed E-state index contributed by atoms with van der Waals surface area (Å²) < 4.78 is 19.1. The molecule has 0 unspecified atom stereocenters. The molecule has 1 amide bonds. The van der Waals surface area contributed by atoms with Crippen molar-refractivity contribution in [1.82, 2.24) is 15.0 Å². The number of carbonyl (C=O) groups is 1. The van der Waals surface area contributed by atoms with E-state index in [9.17, 15) is 14.3 Å². The van der Waals surface area contributed by atoms with Gasteiger partial charge in [0, 0.05) is 36.3 Å². The molecule has 0 aliphatic heterocycles. The Kier molecular flexibility index (Phi) is 6.74. The molecule has 0 bridgehead atoms. The third kappa shape index (κ3) is 5.85. The van der Waals surface area contributed by atoms with Gasteiger partial charge in [0.25, 0.3) is 0 Å². The molecule has 1 aliphatic carbocycles. The van der Waals surface area contributed by atoms with Crippen molar-refractivity contribution >= 4 is 17.4 Å². The van der Waals surface area contributed by atoms with Crippen LogP contribution in [0.25, 0.3) is 11.5 Å². The Morgan fingerprint density at radius 1 is 1.24 bits per heavy atom. The Morgan fingerprint density at radius 2 is 2.06 bits per heavy atom. The highest BCUT2D eigenvalue weighted by molar-refractivity contribution is 5.94. The van der Waals surface area contributed by atoms with Gasteiger partial charge in [-0.05, 0) is 57.4 Å². The van der Waals surface area contributed by atoms with Gasteiger partial charge in [-0.2, -0.15) is 0 Å². The summed E-state index contributed by atoms with van der Waals surface area (Å²) in [5, 5.41) is 12.6. The van der Waals surface area contributed by atoms with Crippen molar-refractivity contribution in [2.45, 2.75) is 38.7 Å². The second-order valence-corrected chi connectivity index (χ2v) is 9.04. The summed E-state index contributed by atoms with van der Waals surface area (Å²) in [4.78, 5) is 28.2. The molecule has 178 valence electrons. The summed E-state index contributed by atoms with van der Waals surface area (Å²) in [6.07, 6.45) is 4.24. The number of hydrogen-bond donors (Lipinski definition) is 2. The van der Waals surface area contributed by atoms with Gasteiger partial charge in [-0.15, -0.1) is 0 Å². The van der Waals surface area contributed by atoms with Crippen molar-refractivity contribution < 1.29 is 19.0 Å². The maximum Gasteiger partial charge on any atom is 0.243 e. The van der Waals surface area contributed by atoms with E-state index in [1.807, 2.05) is 0 Å². The van der Waals surface area contributed by atoms with Crippen molar-refractivity contribution in [2.75, 3.05) is 30.4 Å². The number of aryl methyl sites for hydroxylation is 1. The molecule has 8 nitrogen and oxygen atoms in total. The van der Waals surface area contributed by atoms with Crippen LogP contribution in [0.1, 0.15) is 31.5 Å². The maximum atomic E-state index is 13.4. The van der Waals surface area contributed by atoms with E-state index in [0.29, 0.717) is 28.8 Å². The third-order valence-electron chi connectivity index (χ3n) is 5.31. The molecule has 9 heteroatoms. The number of nitrogens with zero attached hydrogens (tertiary/aromatic N) is 4. The number of hydrogen-bond acceptors (Lipinski definition) is 7. The van der Waals surface area contributed by atoms with Crippen LogP contribution in [0.3, 0.4) is 0 Å². The fraction of sp³-hybridized carbons (Fsp3) is 0.360. The van der Waals surface area contributed by atoms with Crippen LogP contribution in [0.5, 0.6) is 5.75 Å². The number of carbonyl (C=O) groups excluding carboxylic acids is 1. The average molecular weight is 466 g/mol. The SMILES string of the molecule is CN(CC(=O)Nc1cccc(F)c1)c1nc(-c2cc(OCC(C)(C)O)ccn2)nc2c1CCC2. The number of amides is 1. The van der Waals surface area contributed by atoms with E-state index in [1.165, 1.54) is 12.1 Å². The van der Waals surface area contributed by atoms with Crippen LogP contribution in [0, 0.1) is 5.82 Å². The number of pyridine rings is 1. The third-order valence-corrected chi connectivity index (χ3v) is 5.31. The van der Waals surface area contributed by atoms with E-state index in [0.717, 1.165) is 30.5 Å². The molecular weight excluding hydrogens is 437 g/mol. The minimum atomic E-state index is -0.963. The minimum Gasteiger partial charge on any atom is -0.490 e. The molecular formula is C25H28FN5O3. The van der Waals surface area contributed by atoms with Gasteiger partial charge in [0.1, 0.15) is 29.7 Å². The largest absolute Gasteiger partial charge is 0.490 e. The van der Waals surface area contributed by atoms with Crippen LogP contribution >= 0.6 is 0 Å². The lowest BCUT2D eigenvalue weighted by atomic mass is 10.2. The Balaban J connectivity index is 1.56. The molecule has 1 aliphatic rings. The van der Waals surface area contributed by atoms with Crippen molar-refractivity contribution in [3.05, 3.63) is 59.7 Å². The number of nitrogens with one attached hydrogen (secondary N) is 1. The number of benzene rings is 1. The summed E-state index contributed by atoms with van der Waals surface area (Å²) in [6.45, 7) is 3.52. The van der Waals surface area contributed by atoms with Crippen LogP contribution < -0.4 is 15.0 Å². The number of fused-ring (bicyclic) bond motifs is 1. The quantitative estimate of drug-likeness (QED) is 0.526. The Bertz CT molecular complexity index is 1200. The first-order valence-corrected chi connectivity index (χ1v) is 11.2. The van der Waals surface area contributed by atoms with E-state index in [1.54, 1.807) is 56.3 Å². The number of halogens is 1. The average Bonchev–Trinajstić information content (AvgIpc) is 3.25. The topological polar surface area (TPSA) is 100 Å². The highest BCUT2D eigenvalue weighted by Crippen LogP contribution is 2.31. The summed E-state index contributed by atoms with van der Waals surface area (Å²) in [7, 11) is 1.80. The van der Waals surface area contributed by atoms with Crippen molar-refractivity contribution in [3.63, 3.8) is 0 Å². The van der Waals surface area contributed by atoms with Gasteiger partial charge in [0.2, 0.25) is 5.91 Å².